The predicted octanol–water partition coefficient (Wildman–Crippen LogP) is 5.46. The second-order valence-electron chi connectivity index (χ2n) is 8.37. The molecule has 2 aromatic rings. The third-order valence-electron chi connectivity index (χ3n) is 5.51. The maximum atomic E-state index is 12.6. The summed E-state index contributed by atoms with van der Waals surface area (Å²) in [5.41, 5.74) is 2.31. The van der Waals surface area contributed by atoms with Crippen molar-refractivity contribution in [3.63, 3.8) is 0 Å². The van der Waals surface area contributed by atoms with Gasteiger partial charge in [0.25, 0.3) is 0 Å². The quantitative estimate of drug-likeness (QED) is 0.335. The number of aryl methyl sites for hydroxylation is 1. The van der Waals surface area contributed by atoms with Gasteiger partial charge >= 0.3 is 12.0 Å². The molecular weight excluding hydrogens is 432 g/mol. The van der Waals surface area contributed by atoms with Gasteiger partial charge in [-0.1, -0.05) is 52.0 Å². The van der Waals surface area contributed by atoms with E-state index >= 15 is 0 Å². The van der Waals surface area contributed by atoms with Crippen LogP contribution in [-0.2, 0) is 11.2 Å². The van der Waals surface area contributed by atoms with E-state index in [1.165, 1.54) is 24.2 Å². The fourth-order valence-corrected chi connectivity index (χ4v) is 3.42. The van der Waals surface area contributed by atoms with Crippen LogP contribution in [0, 0.1) is 0 Å². The van der Waals surface area contributed by atoms with Crippen LogP contribution in [0.1, 0.15) is 70.8 Å². The number of benzene rings is 1. The molecule has 0 spiro atoms. The lowest BCUT2D eigenvalue weighted by molar-refractivity contribution is -0.136. The molecule has 2 N–H and O–H groups in total. The second-order valence-corrected chi connectivity index (χ2v) is 8.37. The third-order valence-corrected chi connectivity index (χ3v) is 5.51. The number of nitrogens with one attached hydrogen (secondary N) is 1. The number of rotatable bonds is 15. The van der Waals surface area contributed by atoms with E-state index < -0.39 is 5.97 Å². The van der Waals surface area contributed by atoms with Gasteiger partial charge in [0.15, 0.2) is 0 Å². The van der Waals surface area contributed by atoms with Gasteiger partial charge in [0.05, 0.1) is 12.3 Å². The molecule has 0 fully saturated rings. The number of unbranched alkanes of at least 4 members (excludes halogenated alkanes) is 5. The molecule has 8 heteroatoms. The molecule has 1 heterocycles. The Labute approximate surface area is 202 Å². The lowest BCUT2D eigenvalue weighted by Crippen LogP contribution is -2.38. The summed E-state index contributed by atoms with van der Waals surface area (Å²) in [5, 5.41) is 11.9. The number of nitrogens with zero attached hydrogens (tertiary/aromatic N) is 3. The lowest BCUT2D eigenvalue weighted by Gasteiger charge is -2.17. The molecule has 2 amide bonds. The molecule has 2 rings (SSSR count). The van der Waals surface area contributed by atoms with Gasteiger partial charge in [-0.05, 0) is 43.0 Å². The number of aliphatic carboxylic acids is 1. The molecule has 8 nitrogen and oxygen atoms in total. The first-order chi connectivity index (χ1) is 16.5. The first-order valence-corrected chi connectivity index (χ1v) is 12.3. The van der Waals surface area contributed by atoms with Crippen molar-refractivity contribution in [3.8, 4) is 17.0 Å². The SMILES string of the molecule is CCCCCCCNC(=O)N(C)c1nccc(-c2ccc(CCC(=O)O)cc2OCCCC)n1. The monoisotopic (exact) mass is 470 g/mol. The van der Waals surface area contributed by atoms with Crippen LogP contribution in [0.15, 0.2) is 30.5 Å². The molecule has 0 unspecified atom stereocenters. The van der Waals surface area contributed by atoms with Gasteiger partial charge in [-0.15, -0.1) is 0 Å². The van der Waals surface area contributed by atoms with Crippen molar-refractivity contribution in [2.75, 3.05) is 25.1 Å². The molecular formula is C26H38N4O4. The maximum Gasteiger partial charge on any atom is 0.324 e. The van der Waals surface area contributed by atoms with Crippen molar-refractivity contribution >= 4 is 17.9 Å². The molecule has 0 radical (unpaired) electrons. The molecule has 0 bridgehead atoms. The van der Waals surface area contributed by atoms with Crippen LogP contribution < -0.4 is 15.0 Å². The Hall–Kier alpha value is -3.16. The molecule has 0 saturated heterocycles. The first-order valence-electron chi connectivity index (χ1n) is 12.3. The Morgan fingerprint density at radius 1 is 1.06 bits per heavy atom. The Bertz CT molecular complexity index is 919. The second kappa shape index (κ2) is 14.9. The number of hydrogen-bond acceptors (Lipinski definition) is 5. The summed E-state index contributed by atoms with van der Waals surface area (Å²) in [6.07, 6.45) is 9.68. The minimum atomic E-state index is -0.833. The Kier molecular flexibility index (Phi) is 11.9. The van der Waals surface area contributed by atoms with Gasteiger partial charge in [0.1, 0.15) is 5.75 Å². The number of urea groups is 1. The Balaban J connectivity index is 2.13. The van der Waals surface area contributed by atoms with E-state index in [1.54, 1.807) is 19.3 Å². The van der Waals surface area contributed by atoms with Crippen molar-refractivity contribution in [2.45, 2.75) is 71.6 Å². The van der Waals surface area contributed by atoms with Crippen LogP contribution in [0.25, 0.3) is 11.3 Å². The number of hydrogen-bond donors (Lipinski definition) is 2. The molecule has 0 aliphatic carbocycles. The fourth-order valence-electron chi connectivity index (χ4n) is 3.42. The molecule has 1 aromatic carbocycles. The highest BCUT2D eigenvalue weighted by Gasteiger charge is 2.16. The largest absolute Gasteiger partial charge is 0.493 e. The molecule has 0 aliphatic heterocycles. The minimum Gasteiger partial charge on any atom is -0.493 e. The number of anilines is 1. The third kappa shape index (κ3) is 9.00. The zero-order chi connectivity index (χ0) is 24.8. The van der Waals surface area contributed by atoms with Crippen LogP contribution in [-0.4, -0.2) is 47.3 Å². The summed E-state index contributed by atoms with van der Waals surface area (Å²) in [7, 11) is 1.65. The predicted molar refractivity (Wildman–Crippen MR) is 134 cm³/mol. The minimum absolute atomic E-state index is 0.0594. The maximum absolute atomic E-state index is 12.6. The fraction of sp³-hybridized carbons (Fsp3) is 0.538. The van der Waals surface area contributed by atoms with E-state index in [0.717, 1.165) is 36.8 Å². The van der Waals surface area contributed by atoms with E-state index in [4.69, 9.17) is 9.84 Å². The highest BCUT2D eigenvalue weighted by Crippen LogP contribution is 2.31. The van der Waals surface area contributed by atoms with Gasteiger partial charge in [0, 0.05) is 31.8 Å². The average molecular weight is 471 g/mol. The van der Waals surface area contributed by atoms with Gasteiger partial charge in [-0.25, -0.2) is 14.8 Å². The topological polar surface area (TPSA) is 105 Å². The molecule has 186 valence electrons. The molecule has 0 saturated carbocycles. The molecule has 0 atom stereocenters. The Morgan fingerprint density at radius 2 is 1.82 bits per heavy atom. The van der Waals surface area contributed by atoms with Gasteiger partial charge in [-0.2, -0.15) is 0 Å². The Morgan fingerprint density at radius 3 is 2.56 bits per heavy atom. The standard InChI is InChI=1S/C26H38N4O4/c1-4-6-8-9-10-16-28-26(33)30(3)25-27-17-15-22(29-25)21-13-11-20(12-14-24(31)32)19-23(21)34-18-7-5-2/h11,13,15,17,19H,4-10,12,14,16,18H2,1-3H3,(H,28,33)(H,31,32). The van der Waals surface area contributed by atoms with E-state index in [-0.39, 0.29) is 12.5 Å². The first kappa shape index (κ1) is 27.1. The van der Waals surface area contributed by atoms with Crippen molar-refractivity contribution in [3.05, 3.63) is 36.0 Å². The van der Waals surface area contributed by atoms with Crippen molar-refractivity contribution in [1.29, 1.82) is 0 Å². The van der Waals surface area contributed by atoms with E-state index in [1.807, 2.05) is 18.2 Å². The van der Waals surface area contributed by atoms with Crippen LogP contribution in [0.4, 0.5) is 10.7 Å². The summed E-state index contributed by atoms with van der Waals surface area (Å²) < 4.78 is 6.02. The summed E-state index contributed by atoms with van der Waals surface area (Å²) >= 11 is 0. The van der Waals surface area contributed by atoms with Crippen molar-refractivity contribution < 1.29 is 19.4 Å². The highest BCUT2D eigenvalue weighted by atomic mass is 16.5. The van der Waals surface area contributed by atoms with E-state index in [0.29, 0.717) is 37.0 Å². The van der Waals surface area contributed by atoms with E-state index in [9.17, 15) is 9.59 Å². The van der Waals surface area contributed by atoms with Gasteiger partial charge in [0.2, 0.25) is 5.95 Å². The van der Waals surface area contributed by atoms with Crippen LogP contribution in [0.3, 0.4) is 0 Å². The van der Waals surface area contributed by atoms with Crippen LogP contribution >= 0.6 is 0 Å². The summed E-state index contributed by atoms with van der Waals surface area (Å²) in [6, 6.07) is 7.20. The summed E-state index contributed by atoms with van der Waals surface area (Å²) in [4.78, 5) is 33.8. The normalized spacial score (nSPS) is 10.7. The van der Waals surface area contributed by atoms with Gasteiger partial charge < -0.3 is 15.2 Å². The number of ether oxygens (including phenoxy) is 1. The van der Waals surface area contributed by atoms with Crippen LogP contribution in [0.5, 0.6) is 5.75 Å². The zero-order valence-electron chi connectivity index (χ0n) is 20.7. The lowest BCUT2D eigenvalue weighted by atomic mass is 10.0. The van der Waals surface area contributed by atoms with Crippen LogP contribution in [0.2, 0.25) is 0 Å². The molecule has 34 heavy (non-hydrogen) atoms. The number of carbonyl (C=O) groups excluding carboxylic acids is 1. The number of aromatic nitrogens is 2. The summed E-state index contributed by atoms with van der Waals surface area (Å²) in [5.74, 6) is 0.121. The average Bonchev–Trinajstić information content (AvgIpc) is 2.84. The number of carboxylic acids is 1. The molecule has 1 aromatic heterocycles. The summed E-state index contributed by atoms with van der Waals surface area (Å²) in [6.45, 7) is 5.46. The number of amides is 2. The zero-order valence-corrected chi connectivity index (χ0v) is 20.7. The highest BCUT2D eigenvalue weighted by molar-refractivity contribution is 5.89. The van der Waals surface area contributed by atoms with Crippen molar-refractivity contribution in [1.82, 2.24) is 15.3 Å². The van der Waals surface area contributed by atoms with E-state index in [2.05, 4.69) is 29.1 Å². The number of carboxylic acid groups (broad SMARTS) is 1. The molecule has 0 aliphatic rings. The smallest absolute Gasteiger partial charge is 0.324 e. The number of carbonyl (C=O) groups is 2. The van der Waals surface area contributed by atoms with Crippen molar-refractivity contribution in [2.24, 2.45) is 0 Å². The van der Waals surface area contributed by atoms with Gasteiger partial charge in [-0.3, -0.25) is 9.69 Å².